The number of ether oxygens (including phenoxy) is 1. The van der Waals surface area contributed by atoms with Gasteiger partial charge in [0.1, 0.15) is 0 Å². The number of carbonyl (C=O) groups excluding carboxylic acids is 1. The molecule has 1 amide bonds. The summed E-state index contributed by atoms with van der Waals surface area (Å²) in [6, 6.07) is 3.93. The van der Waals surface area contributed by atoms with E-state index in [0.717, 1.165) is 49.1 Å². The average Bonchev–Trinajstić information content (AvgIpc) is 3.17. The second-order valence-corrected chi connectivity index (χ2v) is 12.4. The lowest BCUT2D eigenvalue weighted by Gasteiger charge is -2.59. The van der Waals surface area contributed by atoms with E-state index >= 15 is 0 Å². The van der Waals surface area contributed by atoms with Crippen molar-refractivity contribution in [3.05, 3.63) is 61.5 Å². The molecule has 1 aliphatic carbocycles. The van der Waals surface area contributed by atoms with E-state index in [1.165, 1.54) is 24.6 Å². The number of hydrogen-bond donors (Lipinski definition) is 0. The lowest BCUT2D eigenvalue weighted by molar-refractivity contribution is -0.0937. The van der Waals surface area contributed by atoms with E-state index in [1.807, 2.05) is 13.1 Å². The number of nitrogens with zero attached hydrogens (tertiary/aromatic N) is 4. The zero-order chi connectivity index (χ0) is 27.3. The Bertz CT molecular complexity index is 1310. The highest BCUT2D eigenvalue weighted by atomic mass is 35.5. The smallest absolute Gasteiger partial charge is 0.278 e. The average molecular weight is 561 g/mol. The minimum absolute atomic E-state index is 0.00688. The van der Waals surface area contributed by atoms with Crippen LogP contribution in [0, 0.1) is 11.3 Å². The summed E-state index contributed by atoms with van der Waals surface area (Å²) in [7, 11) is 1.81. The van der Waals surface area contributed by atoms with Crippen LogP contribution in [0.4, 0.5) is 8.78 Å². The number of aryl methyl sites for hydroxylation is 1. The quantitative estimate of drug-likeness (QED) is 0.454. The molecule has 0 radical (unpaired) electrons. The first-order valence-corrected chi connectivity index (χ1v) is 14.4. The Morgan fingerprint density at radius 2 is 1.97 bits per heavy atom. The fraction of sp³-hybridized carbons (Fsp3) is 0.621. The molecule has 4 heterocycles. The third-order valence-corrected chi connectivity index (χ3v) is 9.39. The molecular weight excluding hydrogens is 526 g/mol. The summed E-state index contributed by atoms with van der Waals surface area (Å²) < 4.78 is 34.4. The Labute approximate surface area is 232 Å². The molecule has 3 fully saturated rings. The van der Waals surface area contributed by atoms with Gasteiger partial charge in [0.2, 0.25) is 0 Å². The highest BCUT2D eigenvalue weighted by Gasteiger charge is 2.51. The summed E-state index contributed by atoms with van der Waals surface area (Å²) in [5, 5.41) is 4.74. The molecule has 0 bridgehead atoms. The summed E-state index contributed by atoms with van der Waals surface area (Å²) in [6.45, 7) is 4.03. The Morgan fingerprint density at radius 3 is 2.69 bits per heavy atom. The molecular formula is C29H35ClF2N4O3. The lowest BCUT2D eigenvalue weighted by Crippen LogP contribution is -2.62. The van der Waals surface area contributed by atoms with Crippen LogP contribution in [-0.2, 0) is 24.1 Å². The molecule has 3 aliphatic heterocycles. The third kappa shape index (κ3) is 5.02. The van der Waals surface area contributed by atoms with Crippen LogP contribution in [0.25, 0.3) is 0 Å². The Balaban J connectivity index is 0.991. The van der Waals surface area contributed by atoms with E-state index in [9.17, 15) is 18.4 Å². The molecule has 210 valence electrons. The summed E-state index contributed by atoms with van der Waals surface area (Å²) >= 11 is 6.32. The van der Waals surface area contributed by atoms with Crippen molar-refractivity contribution in [1.29, 1.82) is 0 Å². The fourth-order valence-electron chi connectivity index (χ4n) is 7.27. The highest BCUT2D eigenvalue weighted by molar-refractivity contribution is 6.34. The minimum atomic E-state index is -2.83. The van der Waals surface area contributed by atoms with Gasteiger partial charge in [-0.15, -0.1) is 0 Å². The maximum absolute atomic E-state index is 13.9. The van der Waals surface area contributed by atoms with Gasteiger partial charge in [-0.1, -0.05) is 17.7 Å². The number of fused-ring (bicyclic) bond motifs is 1. The zero-order valence-corrected chi connectivity index (χ0v) is 23.1. The molecule has 7 nitrogen and oxygen atoms in total. The van der Waals surface area contributed by atoms with E-state index in [1.54, 1.807) is 4.90 Å². The zero-order valence-electron chi connectivity index (χ0n) is 22.3. The van der Waals surface area contributed by atoms with Gasteiger partial charge in [0.05, 0.1) is 22.3 Å². The topological polar surface area (TPSA) is 67.7 Å². The van der Waals surface area contributed by atoms with Crippen molar-refractivity contribution in [1.82, 2.24) is 19.6 Å². The Morgan fingerprint density at radius 1 is 1.18 bits per heavy atom. The van der Waals surface area contributed by atoms with Gasteiger partial charge in [-0.3, -0.25) is 9.59 Å². The largest absolute Gasteiger partial charge is 0.356 e. The number of benzene rings is 1. The number of likely N-dealkylation sites (tertiary alicyclic amines) is 1. The highest BCUT2D eigenvalue weighted by Crippen LogP contribution is 2.53. The molecule has 1 saturated carbocycles. The summed E-state index contributed by atoms with van der Waals surface area (Å²) in [6.07, 6.45) is 4.92. The Kier molecular flexibility index (Phi) is 7.27. The predicted molar refractivity (Wildman–Crippen MR) is 143 cm³/mol. The van der Waals surface area contributed by atoms with Crippen molar-refractivity contribution in [3.63, 3.8) is 0 Å². The first-order valence-electron chi connectivity index (χ1n) is 14.0. The molecule has 1 aromatic carbocycles. The second-order valence-electron chi connectivity index (χ2n) is 12.0. The molecule has 1 aromatic heterocycles. The molecule has 2 aromatic rings. The van der Waals surface area contributed by atoms with Gasteiger partial charge in [-0.05, 0) is 92.0 Å². The predicted octanol–water partition coefficient (Wildman–Crippen LogP) is 5.01. The number of alkyl halides is 2. The van der Waals surface area contributed by atoms with Crippen molar-refractivity contribution < 1.29 is 18.3 Å². The van der Waals surface area contributed by atoms with E-state index < -0.39 is 23.8 Å². The third-order valence-electron chi connectivity index (χ3n) is 9.07. The number of carbonyl (C=O) groups is 1. The van der Waals surface area contributed by atoms with E-state index in [2.05, 4.69) is 16.1 Å². The van der Waals surface area contributed by atoms with Crippen LogP contribution in [0.3, 0.4) is 0 Å². The van der Waals surface area contributed by atoms with Crippen molar-refractivity contribution in [2.75, 3.05) is 33.3 Å². The number of hydrogen-bond acceptors (Lipinski definition) is 5. The maximum atomic E-state index is 13.9. The number of rotatable bonds is 8. The van der Waals surface area contributed by atoms with E-state index in [0.29, 0.717) is 59.9 Å². The molecule has 39 heavy (non-hydrogen) atoms. The molecule has 4 aliphatic rings. The van der Waals surface area contributed by atoms with Crippen LogP contribution < -0.4 is 5.56 Å². The van der Waals surface area contributed by atoms with Crippen LogP contribution in [0.15, 0.2) is 23.1 Å². The van der Waals surface area contributed by atoms with Gasteiger partial charge < -0.3 is 14.5 Å². The van der Waals surface area contributed by atoms with Crippen LogP contribution in [-0.4, -0.2) is 58.8 Å². The monoisotopic (exact) mass is 560 g/mol. The second kappa shape index (κ2) is 10.6. The minimum Gasteiger partial charge on any atom is -0.356 e. The molecule has 10 heteroatoms. The summed E-state index contributed by atoms with van der Waals surface area (Å²) in [4.78, 5) is 29.3. The molecule has 1 spiro atoms. The van der Waals surface area contributed by atoms with Crippen molar-refractivity contribution in [2.45, 2.75) is 70.6 Å². The van der Waals surface area contributed by atoms with Gasteiger partial charge in [0.15, 0.2) is 6.23 Å². The first kappa shape index (κ1) is 26.8. The SMILES string of the molecule is CN1Cc2c(CC3CC4(C3)CN(CCCc3cnn(C5CCCCO5)c(=O)c3C(F)F)C4)ccc(Cl)c2C1=O. The van der Waals surface area contributed by atoms with Crippen LogP contribution in [0.1, 0.15) is 83.8 Å². The molecule has 2 saturated heterocycles. The number of aromatic nitrogens is 2. The molecule has 0 N–H and O–H groups in total. The van der Waals surface area contributed by atoms with E-state index in [4.69, 9.17) is 16.3 Å². The lowest BCUT2D eigenvalue weighted by atomic mass is 9.56. The van der Waals surface area contributed by atoms with Crippen molar-refractivity contribution in [2.24, 2.45) is 11.3 Å². The number of halogens is 3. The number of amides is 1. The normalized spacial score (nSPS) is 22.8. The van der Waals surface area contributed by atoms with Gasteiger partial charge in [0.25, 0.3) is 17.9 Å². The van der Waals surface area contributed by atoms with Gasteiger partial charge >= 0.3 is 0 Å². The van der Waals surface area contributed by atoms with Crippen molar-refractivity contribution in [3.8, 4) is 0 Å². The molecule has 1 unspecified atom stereocenters. The van der Waals surface area contributed by atoms with Crippen LogP contribution >= 0.6 is 11.6 Å². The summed E-state index contributed by atoms with van der Waals surface area (Å²) in [5.41, 5.74) is 2.56. The van der Waals surface area contributed by atoms with E-state index in [-0.39, 0.29) is 5.91 Å². The standard InChI is InChI=1S/C29H35ClF2N4O3/c1-34-15-21-19(7-8-22(30)25(21)27(34)37)11-18-12-29(13-18)16-35(17-29)9-4-5-20-14-33-36(23-6-2-3-10-39-23)28(38)24(20)26(31)32/h7-8,14,18,23,26H,2-6,9-13,15-17H2,1H3. The van der Waals surface area contributed by atoms with Crippen LogP contribution in [0.5, 0.6) is 0 Å². The Hall–Kier alpha value is -2.36. The van der Waals surface area contributed by atoms with Crippen molar-refractivity contribution >= 4 is 17.5 Å². The van der Waals surface area contributed by atoms with Gasteiger partial charge in [-0.25, -0.2) is 13.5 Å². The first-order chi connectivity index (χ1) is 18.7. The summed E-state index contributed by atoms with van der Waals surface area (Å²) in [5.74, 6) is 0.616. The molecule has 6 rings (SSSR count). The molecule has 1 atom stereocenters. The van der Waals surface area contributed by atoms with Gasteiger partial charge in [-0.2, -0.15) is 5.10 Å². The fourth-order valence-corrected chi connectivity index (χ4v) is 7.52. The van der Waals surface area contributed by atoms with Gasteiger partial charge in [0, 0.05) is 33.3 Å². The maximum Gasteiger partial charge on any atom is 0.278 e. The van der Waals surface area contributed by atoms with Crippen LogP contribution in [0.2, 0.25) is 5.02 Å².